The molecule has 2 aromatic carbocycles. The molecule has 0 radical (unpaired) electrons. The van der Waals surface area contributed by atoms with Crippen molar-refractivity contribution in [2.75, 3.05) is 38.1 Å². The summed E-state index contributed by atoms with van der Waals surface area (Å²) in [5, 5.41) is 11.5. The number of nitriles is 1. The molecule has 2 aromatic rings. The summed E-state index contributed by atoms with van der Waals surface area (Å²) in [6, 6.07) is 12.7. The Morgan fingerprint density at radius 1 is 1.07 bits per heavy atom. The summed E-state index contributed by atoms with van der Waals surface area (Å²) in [4.78, 5) is 25.8. The van der Waals surface area contributed by atoms with Gasteiger partial charge < -0.3 is 15.0 Å². The topological polar surface area (TPSA) is 120 Å². The lowest BCUT2D eigenvalue weighted by Gasteiger charge is -2.34. The number of sulfonamides is 1. The van der Waals surface area contributed by atoms with Gasteiger partial charge in [0, 0.05) is 31.7 Å². The van der Waals surface area contributed by atoms with Crippen molar-refractivity contribution < 1.29 is 22.7 Å². The Balaban J connectivity index is 1.45. The number of carbonyl (C=O) groups is 2. The number of carbonyl (C=O) groups excluding carboxylic acids is 2. The van der Waals surface area contributed by atoms with Crippen LogP contribution in [0.4, 0.5) is 5.69 Å². The van der Waals surface area contributed by atoms with Crippen molar-refractivity contribution in [3.63, 3.8) is 0 Å². The minimum Gasteiger partial charge on any atom is -0.482 e. The average Bonchev–Trinajstić information content (AvgIpc) is 2.78. The molecule has 9 nitrogen and oxygen atoms in total. The number of piperazine rings is 1. The van der Waals surface area contributed by atoms with Crippen molar-refractivity contribution in [1.82, 2.24) is 9.21 Å². The van der Waals surface area contributed by atoms with Crippen LogP contribution in [0.3, 0.4) is 0 Å². The molecule has 0 aromatic heterocycles. The molecule has 2 aliphatic heterocycles. The molecule has 2 heterocycles. The van der Waals surface area contributed by atoms with E-state index in [0.717, 1.165) is 0 Å². The quantitative estimate of drug-likeness (QED) is 0.783. The van der Waals surface area contributed by atoms with Gasteiger partial charge >= 0.3 is 0 Å². The number of nitrogens with one attached hydrogen (secondary N) is 1. The number of hydrogen-bond donors (Lipinski definition) is 1. The zero-order valence-electron chi connectivity index (χ0n) is 15.9. The number of amides is 2. The van der Waals surface area contributed by atoms with E-state index in [1.807, 2.05) is 6.07 Å². The second kappa shape index (κ2) is 7.78. The van der Waals surface area contributed by atoms with Crippen LogP contribution in [-0.2, 0) is 14.8 Å². The second-order valence-electron chi connectivity index (χ2n) is 6.88. The normalized spacial score (nSPS) is 16.8. The van der Waals surface area contributed by atoms with E-state index in [9.17, 15) is 18.0 Å². The number of anilines is 1. The monoisotopic (exact) mass is 426 g/mol. The van der Waals surface area contributed by atoms with E-state index in [1.54, 1.807) is 29.2 Å². The fourth-order valence-corrected chi connectivity index (χ4v) is 4.82. The van der Waals surface area contributed by atoms with Crippen molar-refractivity contribution in [2.24, 2.45) is 0 Å². The molecule has 0 spiro atoms. The van der Waals surface area contributed by atoms with Gasteiger partial charge in [0.2, 0.25) is 10.0 Å². The lowest BCUT2D eigenvalue weighted by Crippen LogP contribution is -2.50. The van der Waals surface area contributed by atoms with Gasteiger partial charge in [-0.2, -0.15) is 9.57 Å². The Bertz CT molecular complexity index is 1150. The molecule has 10 heteroatoms. The first-order chi connectivity index (χ1) is 14.4. The third kappa shape index (κ3) is 3.72. The van der Waals surface area contributed by atoms with E-state index in [4.69, 9.17) is 10.00 Å². The van der Waals surface area contributed by atoms with Crippen LogP contribution in [0.2, 0.25) is 0 Å². The first-order valence-electron chi connectivity index (χ1n) is 9.25. The predicted octanol–water partition coefficient (Wildman–Crippen LogP) is 1.04. The van der Waals surface area contributed by atoms with Gasteiger partial charge in [-0.25, -0.2) is 8.42 Å². The standard InChI is InChI=1S/C20H18N4O5S/c21-12-14-1-3-15(4-2-14)20(26)23-7-9-24(10-8-23)30(27,28)16-5-6-18-17(11-16)22-19(25)13-29-18/h1-6,11H,7-10,13H2,(H,22,25). The van der Waals surface area contributed by atoms with Crippen LogP contribution in [0, 0.1) is 11.3 Å². The zero-order chi connectivity index (χ0) is 21.3. The second-order valence-corrected chi connectivity index (χ2v) is 8.82. The minimum absolute atomic E-state index is 0.0546. The molecule has 154 valence electrons. The molecule has 0 saturated carbocycles. The Morgan fingerprint density at radius 3 is 2.43 bits per heavy atom. The summed E-state index contributed by atoms with van der Waals surface area (Å²) >= 11 is 0. The number of fused-ring (bicyclic) bond motifs is 1. The third-order valence-electron chi connectivity index (χ3n) is 5.01. The van der Waals surface area contributed by atoms with Crippen molar-refractivity contribution in [3.05, 3.63) is 53.6 Å². The SMILES string of the molecule is N#Cc1ccc(C(=O)N2CCN(S(=O)(=O)c3ccc4c(c3)NC(=O)CO4)CC2)cc1. The van der Waals surface area contributed by atoms with Gasteiger partial charge in [0.25, 0.3) is 11.8 Å². The highest BCUT2D eigenvalue weighted by Gasteiger charge is 2.31. The predicted molar refractivity (Wildman–Crippen MR) is 106 cm³/mol. The molecule has 0 aliphatic carbocycles. The highest BCUT2D eigenvalue weighted by Crippen LogP contribution is 2.31. The first-order valence-corrected chi connectivity index (χ1v) is 10.7. The number of nitrogens with zero attached hydrogens (tertiary/aromatic N) is 3. The molecule has 2 amide bonds. The molecule has 0 atom stereocenters. The molecule has 1 saturated heterocycles. The van der Waals surface area contributed by atoms with Crippen LogP contribution < -0.4 is 10.1 Å². The van der Waals surface area contributed by atoms with Crippen LogP contribution in [0.25, 0.3) is 0 Å². The first kappa shape index (κ1) is 19.9. The van der Waals surface area contributed by atoms with Gasteiger partial charge in [-0.1, -0.05) is 0 Å². The van der Waals surface area contributed by atoms with Crippen LogP contribution >= 0.6 is 0 Å². The van der Waals surface area contributed by atoms with E-state index in [-0.39, 0.29) is 49.5 Å². The van der Waals surface area contributed by atoms with Crippen LogP contribution in [0.5, 0.6) is 5.75 Å². The Hall–Kier alpha value is -3.42. The lowest BCUT2D eigenvalue weighted by molar-refractivity contribution is -0.118. The minimum atomic E-state index is -3.78. The van der Waals surface area contributed by atoms with Gasteiger partial charge in [-0.15, -0.1) is 0 Å². The number of benzene rings is 2. The van der Waals surface area contributed by atoms with Crippen molar-refractivity contribution >= 4 is 27.5 Å². The summed E-state index contributed by atoms with van der Waals surface area (Å²) < 4.78 is 32.6. The van der Waals surface area contributed by atoms with Gasteiger partial charge in [0.05, 0.1) is 22.2 Å². The summed E-state index contributed by atoms with van der Waals surface area (Å²) in [6.45, 7) is 0.717. The summed E-state index contributed by atoms with van der Waals surface area (Å²) in [7, 11) is -3.78. The molecule has 0 unspecified atom stereocenters. The van der Waals surface area contributed by atoms with E-state index < -0.39 is 10.0 Å². The lowest BCUT2D eigenvalue weighted by atomic mass is 10.1. The van der Waals surface area contributed by atoms with Crippen LogP contribution in [0.1, 0.15) is 15.9 Å². The van der Waals surface area contributed by atoms with Crippen molar-refractivity contribution in [1.29, 1.82) is 5.26 Å². The summed E-state index contributed by atoms with van der Waals surface area (Å²) in [5.74, 6) is -0.122. The van der Waals surface area contributed by atoms with Crippen molar-refractivity contribution in [3.8, 4) is 11.8 Å². The molecule has 1 fully saturated rings. The molecule has 30 heavy (non-hydrogen) atoms. The highest BCUT2D eigenvalue weighted by atomic mass is 32.2. The maximum Gasteiger partial charge on any atom is 0.262 e. The van der Waals surface area contributed by atoms with Gasteiger partial charge in [-0.3, -0.25) is 9.59 Å². The number of hydrogen-bond acceptors (Lipinski definition) is 6. The van der Waals surface area contributed by atoms with Crippen molar-refractivity contribution in [2.45, 2.75) is 4.90 Å². The van der Waals surface area contributed by atoms with E-state index in [1.165, 1.54) is 22.5 Å². The smallest absolute Gasteiger partial charge is 0.262 e. The van der Waals surface area contributed by atoms with Crippen LogP contribution in [-0.4, -0.2) is 62.2 Å². The highest BCUT2D eigenvalue weighted by molar-refractivity contribution is 7.89. The third-order valence-corrected chi connectivity index (χ3v) is 6.90. The molecular weight excluding hydrogens is 408 g/mol. The molecule has 1 N–H and O–H groups in total. The summed E-state index contributed by atoms with van der Waals surface area (Å²) in [5.41, 5.74) is 1.24. The van der Waals surface area contributed by atoms with Crippen LogP contribution in [0.15, 0.2) is 47.4 Å². The maximum atomic E-state index is 13.0. The largest absolute Gasteiger partial charge is 0.482 e. The van der Waals surface area contributed by atoms with Gasteiger partial charge in [0.1, 0.15) is 5.75 Å². The fraction of sp³-hybridized carbons (Fsp3) is 0.250. The van der Waals surface area contributed by atoms with Gasteiger partial charge in [0.15, 0.2) is 6.61 Å². The van der Waals surface area contributed by atoms with E-state index in [0.29, 0.717) is 22.6 Å². The number of ether oxygens (including phenoxy) is 1. The zero-order valence-corrected chi connectivity index (χ0v) is 16.7. The average molecular weight is 426 g/mol. The number of rotatable bonds is 3. The molecule has 4 rings (SSSR count). The maximum absolute atomic E-state index is 13.0. The molecule has 0 bridgehead atoms. The van der Waals surface area contributed by atoms with Gasteiger partial charge in [-0.05, 0) is 42.5 Å². The fourth-order valence-electron chi connectivity index (χ4n) is 3.37. The summed E-state index contributed by atoms with van der Waals surface area (Å²) in [6.07, 6.45) is 0. The molecule has 2 aliphatic rings. The van der Waals surface area contributed by atoms with E-state index in [2.05, 4.69) is 5.32 Å². The Morgan fingerprint density at radius 2 is 1.77 bits per heavy atom. The Labute approximate surface area is 173 Å². The Kier molecular flexibility index (Phi) is 5.15. The molecular formula is C20H18N4O5S. The van der Waals surface area contributed by atoms with E-state index >= 15 is 0 Å².